The molecule has 0 aliphatic rings. The van der Waals surface area contributed by atoms with Crippen LogP contribution in [0.5, 0.6) is 0 Å². The van der Waals surface area contributed by atoms with Gasteiger partial charge in [-0.25, -0.2) is 0 Å². The highest BCUT2D eigenvalue weighted by atomic mass is 16.5. The Balaban J connectivity index is 3.90. The van der Waals surface area contributed by atoms with Crippen LogP contribution in [0.4, 0.5) is 0 Å². The lowest BCUT2D eigenvalue weighted by atomic mass is 9.83. The van der Waals surface area contributed by atoms with Crippen LogP contribution in [0.1, 0.15) is 52.9 Å². The van der Waals surface area contributed by atoms with E-state index in [-0.39, 0.29) is 5.41 Å². The van der Waals surface area contributed by atoms with Crippen molar-refractivity contribution in [2.24, 2.45) is 5.41 Å². The summed E-state index contributed by atoms with van der Waals surface area (Å²) in [5, 5.41) is 0. The maximum absolute atomic E-state index is 11.6. The average molecular weight is 212 g/mol. The molecule has 88 valence electrons. The normalized spacial score (nSPS) is 12.0. The Labute approximate surface area is 93.7 Å². The fourth-order valence-corrected chi connectivity index (χ4v) is 1.53. The predicted octanol–water partition coefficient (Wildman–Crippen LogP) is 3.71. The van der Waals surface area contributed by atoms with Crippen LogP contribution in [0, 0.1) is 5.41 Å². The third-order valence-electron chi connectivity index (χ3n) is 2.39. The summed E-state index contributed by atoms with van der Waals surface area (Å²) in [6.07, 6.45) is 8.05. The molecule has 0 radical (unpaired) electrons. The van der Waals surface area contributed by atoms with Crippen LogP contribution < -0.4 is 0 Å². The van der Waals surface area contributed by atoms with Gasteiger partial charge in [-0.1, -0.05) is 27.2 Å². The molecule has 15 heavy (non-hydrogen) atoms. The molecule has 2 nitrogen and oxygen atoms in total. The lowest BCUT2D eigenvalue weighted by molar-refractivity contribution is -0.121. The number of ketones is 1. The van der Waals surface area contributed by atoms with Gasteiger partial charge in [-0.2, -0.15) is 0 Å². The molecule has 0 saturated carbocycles. The number of hydrogen-bond donors (Lipinski definition) is 0. The molecular weight excluding hydrogens is 188 g/mol. The summed E-state index contributed by atoms with van der Waals surface area (Å²) in [5.74, 6) is 0.382. The Morgan fingerprint density at radius 2 is 2.07 bits per heavy atom. The van der Waals surface area contributed by atoms with Gasteiger partial charge in [0.15, 0.2) is 0 Å². The third kappa shape index (κ3) is 8.22. The standard InChI is InChI=1S/C13H24O2/c1-5-6-8-12(14)11-13(2,3)9-7-10-15-4/h7,10H,5-6,8-9,11H2,1-4H3/b10-7+. The third-order valence-corrected chi connectivity index (χ3v) is 2.39. The molecule has 0 rings (SSSR count). The number of unbranched alkanes of at least 4 members (excludes halogenated alkanes) is 1. The summed E-state index contributed by atoms with van der Waals surface area (Å²) in [7, 11) is 1.63. The molecule has 2 heteroatoms. The molecule has 0 heterocycles. The van der Waals surface area contributed by atoms with E-state index in [4.69, 9.17) is 4.74 Å². The number of rotatable bonds is 8. The summed E-state index contributed by atoms with van der Waals surface area (Å²) >= 11 is 0. The van der Waals surface area contributed by atoms with Crippen molar-refractivity contribution in [3.05, 3.63) is 12.3 Å². The number of Topliss-reactive ketones (excluding diaryl/α,β-unsaturated/α-hetero) is 1. The van der Waals surface area contributed by atoms with E-state index >= 15 is 0 Å². The molecule has 0 aliphatic heterocycles. The maximum Gasteiger partial charge on any atom is 0.133 e. The van der Waals surface area contributed by atoms with Gasteiger partial charge < -0.3 is 4.74 Å². The molecule has 0 N–H and O–H groups in total. The minimum absolute atomic E-state index is 0.0554. The molecule has 0 fully saturated rings. The van der Waals surface area contributed by atoms with Crippen LogP contribution in [0.25, 0.3) is 0 Å². The SMILES string of the molecule is CCCCC(=O)CC(C)(C)C/C=C/OC. The molecule has 0 atom stereocenters. The number of hydrogen-bond acceptors (Lipinski definition) is 2. The highest BCUT2D eigenvalue weighted by Crippen LogP contribution is 2.26. The van der Waals surface area contributed by atoms with Gasteiger partial charge in [-0.3, -0.25) is 4.79 Å². The molecule has 0 unspecified atom stereocenters. The van der Waals surface area contributed by atoms with Gasteiger partial charge in [0.2, 0.25) is 0 Å². The average Bonchev–Trinajstić information content (AvgIpc) is 2.14. The van der Waals surface area contributed by atoms with Crippen LogP contribution in [0.3, 0.4) is 0 Å². The van der Waals surface area contributed by atoms with Crippen molar-refractivity contribution in [1.29, 1.82) is 0 Å². The summed E-state index contributed by atoms with van der Waals surface area (Å²) in [6, 6.07) is 0. The number of carbonyl (C=O) groups excluding carboxylic acids is 1. The molecule has 0 amide bonds. The van der Waals surface area contributed by atoms with Crippen LogP contribution in [-0.2, 0) is 9.53 Å². The highest BCUT2D eigenvalue weighted by Gasteiger charge is 2.19. The number of allylic oxidation sites excluding steroid dienone is 1. The van der Waals surface area contributed by atoms with Crippen LogP contribution in [0.15, 0.2) is 12.3 Å². The van der Waals surface area contributed by atoms with Crippen molar-refractivity contribution in [2.45, 2.75) is 52.9 Å². The van der Waals surface area contributed by atoms with Crippen molar-refractivity contribution >= 4 is 5.78 Å². The lowest BCUT2D eigenvalue weighted by Gasteiger charge is -2.21. The van der Waals surface area contributed by atoms with Gasteiger partial charge in [-0.05, 0) is 24.3 Å². The van der Waals surface area contributed by atoms with Gasteiger partial charge in [0.25, 0.3) is 0 Å². The molecule has 0 aromatic carbocycles. The predicted molar refractivity (Wildman–Crippen MR) is 63.7 cm³/mol. The first-order valence-electron chi connectivity index (χ1n) is 5.71. The van der Waals surface area contributed by atoms with Gasteiger partial charge in [0.05, 0.1) is 13.4 Å². The van der Waals surface area contributed by atoms with E-state index in [0.717, 1.165) is 25.7 Å². The fourth-order valence-electron chi connectivity index (χ4n) is 1.53. The second-order valence-corrected chi connectivity index (χ2v) is 4.79. The highest BCUT2D eigenvalue weighted by molar-refractivity contribution is 5.78. The van der Waals surface area contributed by atoms with Crippen LogP contribution in [0.2, 0.25) is 0 Å². The fraction of sp³-hybridized carbons (Fsp3) is 0.769. The number of carbonyl (C=O) groups is 1. The molecule has 0 aromatic heterocycles. The number of methoxy groups -OCH3 is 1. The van der Waals surface area contributed by atoms with Crippen molar-refractivity contribution < 1.29 is 9.53 Å². The summed E-state index contributed by atoms with van der Waals surface area (Å²) in [5.41, 5.74) is 0.0554. The zero-order valence-corrected chi connectivity index (χ0v) is 10.5. The second kappa shape index (κ2) is 7.49. The lowest BCUT2D eigenvalue weighted by Crippen LogP contribution is -2.16. The minimum atomic E-state index is 0.0554. The van der Waals surface area contributed by atoms with E-state index in [1.807, 2.05) is 6.08 Å². The van der Waals surface area contributed by atoms with E-state index in [0.29, 0.717) is 12.2 Å². The van der Waals surface area contributed by atoms with Crippen LogP contribution in [-0.4, -0.2) is 12.9 Å². The minimum Gasteiger partial charge on any atom is -0.505 e. The van der Waals surface area contributed by atoms with E-state index < -0.39 is 0 Å². The molecule has 0 aromatic rings. The topological polar surface area (TPSA) is 26.3 Å². The van der Waals surface area contributed by atoms with Gasteiger partial charge in [0.1, 0.15) is 5.78 Å². The van der Waals surface area contributed by atoms with Gasteiger partial charge >= 0.3 is 0 Å². The molecule has 0 spiro atoms. The maximum atomic E-state index is 11.6. The first kappa shape index (κ1) is 14.2. The summed E-state index contributed by atoms with van der Waals surface area (Å²) in [6.45, 7) is 6.35. The van der Waals surface area contributed by atoms with Crippen molar-refractivity contribution in [1.82, 2.24) is 0 Å². The van der Waals surface area contributed by atoms with Gasteiger partial charge in [0, 0.05) is 12.8 Å². The van der Waals surface area contributed by atoms with E-state index in [2.05, 4.69) is 20.8 Å². The molecule has 0 saturated heterocycles. The van der Waals surface area contributed by atoms with Gasteiger partial charge in [-0.15, -0.1) is 0 Å². The first-order valence-corrected chi connectivity index (χ1v) is 5.71. The monoisotopic (exact) mass is 212 g/mol. The molecule has 0 aliphatic carbocycles. The van der Waals surface area contributed by atoms with E-state index in [1.165, 1.54) is 0 Å². The Morgan fingerprint density at radius 3 is 2.60 bits per heavy atom. The smallest absolute Gasteiger partial charge is 0.133 e. The molecule has 0 bridgehead atoms. The molecular formula is C13H24O2. The van der Waals surface area contributed by atoms with E-state index in [9.17, 15) is 4.79 Å². The van der Waals surface area contributed by atoms with Crippen molar-refractivity contribution in [2.75, 3.05) is 7.11 Å². The number of ether oxygens (including phenoxy) is 1. The second-order valence-electron chi connectivity index (χ2n) is 4.79. The van der Waals surface area contributed by atoms with E-state index in [1.54, 1.807) is 13.4 Å². The quantitative estimate of drug-likeness (QED) is 0.573. The largest absolute Gasteiger partial charge is 0.505 e. The zero-order chi connectivity index (χ0) is 11.7. The van der Waals surface area contributed by atoms with Crippen LogP contribution >= 0.6 is 0 Å². The Morgan fingerprint density at radius 1 is 1.40 bits per heavy atom. The Kier molecular flexibility index (Phi) is 7.10. The Bertz CT molecular complexity index is 205. The zero-order valence-electron chi connectivity index (χ0n) is 10.5. The summed E-state index contributed by atoms with van der Waals surface area (Å²) < 4.78 is 4.84. The van der Waals surface area contributed by atoms with Crippen molar-refractivity contribution in [3.8, 4) is 0 Å². The summed E-state index contributed by atoms with van der Waals surface area (Å²) in [4.78, 5) is 11.6. The Hall–Kier alpha value is -0.790. The van der Waals surface area contributed by atoms with Crippen molar-refractivity contribution in [3.63, 3.8) is 0 Å². The first-order chi connectivity index (χ1) is 7.02.